The number of amides is 1. The Morgan fingerprint density at radius 1 is 1.22 bits per heavy atom. The standard InChI is InChI=1S/C19H14Cl2N2O2S2/c1-11-7-12(20)8-15-18(11)22-19(27-15)23(10-13-3-2-6-25-13)17(24)9-14-4-5-16(21)26-14/h2-8H,9-10H2,1H3. The predicted octanol–water partition coefficient (Wildman–Crippen LogP) is 6.34. The van der Waals surface area contributed by atoms with Crippen molar-refractivity contribution in [1.29, 1.82) is 0 Å². The van der Waals surface area contributed by atoms with E-state index in [1.165, 1.54) is 22.7 Å². The SMILES string of the molecule is Cc1cc(Cl)cc2sc(N(Cc3ccco3)C(=O)Cc3ccc(Cl)s3)nc12. The Morgan fingerprint density at radius 3 is 2.78 bits per heavy atom. The minimum Gasteiger partial charge on any atom is -0.467 e. The number of fused-ring (bicyclic) bond motifs is 1. The van der Waals surface area contributed by atoms with Crippen LogP contribution in [0.2, 0.25) is 9.36 Å². The number of thiazole rings is 1. The minimum absolute atomic E-state index is 0.0623. The molecule has 0 spiro atoms. The van der Waals surface area contributed by atoms with Crippen molar-refractivity contribution in [3.8, 4) is 0 Å². The minimum atomic E-state index is -0.0623. The third-order valence-corrected chi connectivity index (χ3v) is 6.49. The zero-order chi connectivity index (χ0) is 19.0. The van der Waals surface area contributed by atoms with Crippen LogP contribution in [0.25, 0.3) is 10.2 Å². The average molecular weight is 437 g/mol. The van der Waals surface area contributed by atoms with Gasteiger partial charge >= 0.3 is 0 Å². The van der Waals surface area contributed by atoms with Gasteiger partial charge in [-0.3, -0.25) is 9.69 Å². The molecule has 3 aromatic heterocycles. The van der Waals surface area contributed by atoms with E-state index in [1.807, 2.05) is 31.2 Å². The van der Waals surface area contributed by atoms with Crippen molar-refractivity contribution in [2.24, 2.45) is 0 Å². The van der Waals surface area contributed by atoms with Gasteiger partial charge in [-0.25, -0.2) is 4.98 Å². The first-order chi connectivity index (χ1) is 13.0. The summed E-state index contributed by atoms with van der Waals surface area (Å²) in [7, 11) is 0. The van der Waals surface area contributed by atoms with Gasteiger partial charge in [0, 0.05) is 9.90 Å². The molecule has 0 saturated heterocycles. The number of anilines is 1. The Labute approximate surface area is 174 Å². The normalized spacial score (nSPS) is 11.2. The van der Waals surface area contributed by atoms with Crippen molar-refractivity contribution in [3.05, 3.63) is 68.2 Å². The van der Waals surface area contributed by atoms with Crippen molar-refractivity contribution in [1.82, 2.24) is 4.98 Å². The lowest BCUT2D eigenvalue weighted by atomic mass is 10.2. The number of carbonyl (C=O) groups is 1. The molecule has 0 N–H and O–H groups in total. The Morgan fingerprint density at radius 2 is 2.07 bits per heavy atom. The van der Waals surface area contributed by atoms with E-state index in [1.54, 1.807) is 23.3 Å². The summed E-state index contributed by atoms with van der Waals surface area (Å²) in [6.07, 6.45) is 1.85. The first kappa shape index (κ1) is 18.5. The lowest BCUT2D eigenvalue weighted by molar-refractivity contribution is -0.118. The first-order valence-electron chi connectivity index (χ1n) is 8.13. The Balaban J connectivity index is 1.71. The van der Waals surface area contributed by atoms with Crippen LogP contribution in [0, 0.1) is 6.92 Å². The number of hydrogen-bond acceptors (Lipinski definition) is 5. The number of halogens is 2. The second-order valence-electron chi connectivity index (χ2n) is 6.01. The Hall–Kier alpha value is -1.86. The molecule has 0 radical (unpaired) electrons. The number of rotatable bonds is 5. The molecule has 138 valence electrons. The molecule has 0 aliphatic heterocycles. The van der Waals surface area contributed by atoms with Gasteiger partial charge in [-0.05, 0) is 48.9 Å². The van der Waals surface area contributed by atoms with Crippen LogP contribution in [0.15, 0.2) is 47.1 Å². The van der Waals surface area contributed by atoms with E-state index >= 15 is 0 Å². The lowest BCUT2D eigenvalue weighted by Crippen LogP contribution is -2.31. The number of furan rings is 1. The van der Waals surface area contributed by atoms with Gasteiger partial charge in [0.05, 0.1) is 33.8 Å². The van der Waals surface area contributed by atoms with E-state index in [4.69, 9.17) is 32.6 Å². The maximum absolute atomic E-state index is 13.1. The van der Waals surface area contributed by atoms with Crippen LogP contribution in [-0.2, 0) is 17.8 Å². The van der Waals surface area contributed by atoms with Gasteiger partial charge in [-0.2, -0.15) is 0 Å². The summed E-state index contributed by atoms with van der Waals surface area (Å²) in [5.74, 6) is 0.634. The number of benzene rings is 1. The molecule has 3 heterocycles. The number of hydrogen-bond donors (Lipinski definition) is 0. The van der Waals surface area contributed by atoms with Crippen LogP contribution in [0.1, 0.15) is 16.2 Å². The van der Waals surface area contributed by atoms with Crippen molar-refractivity contribution in [2.45, 2.75) is 19.9 Å². The van der Waals surface area contributed by atoms with Gasteiger partial charge in [0.25, 0.3) is 0 Å². The second kappa shape index (κ2) is 7.64. The average Bonchev–Trinajstić information content (AvgIpc) is 3.33. The molecule has 0 unspecified atom stereocenters. The molecule has 0 atom stereocenters. The van der Waals surface area contributed by atoms with Gasteiger partial charge in [-0.15, -0.1) is 11.3 Å². The van der Waals surface area contributed by atoms with E-state index < -0.39 is 0 Å². The molecule has 4 nitrogen and oxygen atoms in total. The van der Waals surface area contributed by atoms with Crippen molar-refractivity contribution < 1.29 is 9.21 Å². The monoisotopic (exact) mass is 436 g/mol. The largest absolute Gasteiger partial charge is 0.467 e. The van der Waals surface area contributed by atoms with Gasteiger partial charge in [-0.1, -0.05) is 34.5 Å². The molecule has 0 saturated carbocycles. The first-order valence-corrected chi connectivity index (χ1v) is 10.5. The molecule has 1 amide bonds. The van der Waals surface area contributed by atoms with E-state index in [-0.39, 0.29) is 12.3 Å². The number of thiophene rings is 1. The molecule has 27 heavy (non-hydrogen) atoms. The lowest BCUT2D eigenvalue weighted by Gasteiger charge is -2.18. The summed E-state index contributed by atoms with van der Waals surface area (Å²) in [6, 6.07) is 11.1. The Kier molecular flexibility index (Phi) is 5.23. The maximum atomic E-state index is 13.1. The van der Waals surface area contributed by atoms with Gasteiger partial charge in [0.2, 0.25) is 5.91 Å². The zero-order valence-electron chi connectivity index (χ0n) is 14.2. The van der Waals surface area contributed by atoms with Crippen LogP contribution in [0.4, 0.5) is 5.13 Å². The molecule has 4 aromatic rings. The fourth-order valence-electron chi connectivity index (χ4n) is 2.77. The van der Waals surface area contributed by atoms with E-state index in [0.717, 1.165) is 20.7 Å². The summed E-state index contributed by atoms with van der Waals surface area (Å²) >= 11 is 15.0. The summed E-state index contributed by atoms with van der Waals surface area (Å²) in [5.41, 5.74) is 1.84. The summed E-state index contributed by atoms with van der Waals surface area (Å²) < 4.78 is 7.07. The highest BCUT2D eigenvalue weighted by molar-refractivity contribution is 7.22. The summed E-state index contributed by atoms with van der Waals surface area (Å²) in [4.78, 5) is 20.3. The zero-order valence-corrected chi connectivity index (χ0v) is 17.4. The topological polar surface area (TPSA) is 46.3 Å². The van der Waals surface area contributed by atoms with Crippen LogP contribution in [0.3, 0.4) is 0 Å². The third kappa shape index (κ3) is 4.04. The fourth-order valence-corrected chi connectivity index (χ4v) is 5.29. The Bertz CT molecular complexity index is 1100. The summed E-state index contributed by atoms with van der Waals surface area (Å²) in [6.45, 7) is 2.28. The van der Waals surface area contributed by atoms with Crippen molar-refractivity contribution in [2.75, 3.05) is 4.90 Å². The highest BCUT2D eigenvalue weighted by Crippen LogP contribution is 2.34. The highest BCUT2D eigenvalue weighted by atomic mass is 35.5. The van der Waals surface area contributed by atoms with Crippen LogP contribution in [0.5, 0.6) is 0 Å². The van der Waals surface area contributed by atoms with Crippen molar-refractivity contribution >= 4 is 67.1 Å². The maximum Gasteiger partial charge on any atom is 0.234 e. The molecule has 0 fully saturated rings. The molecule has 8 heteroatoms. The molecular weight excluding hydrogens is 423 g/mol. The van der Waals surface area contributed by atoms with Crippen LogP contribution >= 0.6 is 45.9 Å². The number of carbonyl (C=O) groups excluding carboxylic acids is 1. The van der Waals surface area contributed by atoms with E-state index in [9.17, 15) is 4.79 Å². The van der Waals surface area contributed by atoms with Crippen molar-refractivity contribution in [3.63, 3.8) is 0 Å². The molecular formula is C19H14Cl2N2O2S2. The molecule has 4 rings (SSSR count). The molecule has 0 aliphatic carbocycles. The van der Waals surface area contributed by atoms with E-state index in [0.29, 0.717) is 26.8 Å². The number of aryl methyl sites for hydroxylation is 1. The molecule has 1 aromatic carbocycles. The van der Waals surface area contributed by atoms with E-state index in [2.05, 4.69) is 0 Å². The van der Waals surface area contributed by atoms with Crippen LogP contribution in [-0.4, -0.2) is 10.9 Å². The smallest absolute Gasteiger partial charge is 0.234 e. The van der Waals surface area contributed by atoms with Gasteiger partial charge in [0.1, 0.15) is 5.76 Å². The van der Waals surface area contributed by atoms with Gasteiger partial charge < -0.3 is 4.42 Å². The molecule has 0 aliphatic rings. The van der Waals surface area contributed by atoms with Crippen LogP contribution < -0.4 is 4.90 Å². The highest BCUT2D eigenvalue weighted by Gasteiger charge is 2.22. The molecule has 0 bridgehead atoms. The fraction of sp³-hybridized carbons (Fsp3) is 0.158. The number of nitrogens with zero attached hydrogens (tertiary/aromatic N) is 2. The van der Waals surface area contributed by atoms with Gasteiger partial charge in [0.15, 0.2) is 5.13 Å². The summed E-state index contributed by atoms with van der Waals surface area (Å²) in [5, 5.41) is 1.28. The third-order valence-electron chi connectivity index (χ3n) is 4.02. The number of aromatic nitrogens is 1. The quantitative estimate of drug-likeness (QED) is 0.366. The predicted molar refractivity (Wildman–Crippen MR) is 112 cm³/mol. The second-order valence-corrected chi connectivity index (χ2v) is 9.25.